The van der Waals surface area contributed by atoms with Gasteiger partial charge in [0.05, 0.1) is 33.3 Å². The Labute approximate surface area is 219 Å². The Morgan fingerprint density at radius 1 is 0.973 bits per heavy atom. The molecule has 2 aromatic carbocycles. The highest BCUT2D eigenvalue weighted by Gasteiger charge is 2.32. The first-order valence-electron chi connectivity index (χ1n) is 11.6. The summed E-state index contributed by atoms with van der Waals surface area (Å²) in [6.45, 7) is 6.63. The van der Waals surface area contributed by atoms with Crippen molar-refractivity contribution in [3.63, 3.8) is 0 Å². The average Bonchev–Trinajstić information content (AvgIpc) is 2.83. The lowest BCUT2D eigenvalue weighted by molar-refractivity contribution is -0.140. The Morgan fingerprint density at radius 2 is 1.59 bits per heavy atom. The van der Waals surface area contributed by atoms with Crippen molar-refractivity contribution in [3.05, 3.63) is 48.0 Å². The Hall–Kier alpha value is -3.47. The predicted octanol–water partition coefficient (Wildman–Crippen LogP) is 2.81. The number of methoxy groups -OCH3 is 3. The number of carbonyl (C=O) groups excluding carboxylic acids is 2. The number of hydrogen-bond acceptors (Lipinski definition) is 7. The second-order valence-electron chi connectivity index (χ2n) is 9.60. The maximum absolute atomic E-state index is 13.7. The van der Waals surface area contributed by atoms with Gasteiger partial charge in [-0.3, -0.25) is 13.9 Å². The third-order valence-corrected chi connectivity index (χ3v) is 6.61. The molecule has 0 aromatic heterocycles. The molecule has 0 heterocycles. The second-order valence-corrected chi connectivity index (χ2v) is 11.5. The number of rotatable bonds is 11. The minimum atomic E-state index is -3.93. The molecule has 0 aliphatic carbocycles. The molecule has 2 amide bonds. The first kappa shape index (κ1) is 29.8. The highest BCUT2D eigenvalue weighted by molar-refractivity contribution is 7.92. The summed E-state index contributed by atoms with van der Waals surface area (Å²) in [6.07, 6.45) is 1.00. The third-order valence-electron chi connectivity index (χ3n) is 5.49. The van der Waals surface area contributed by atoms with Crippen LogP contribution in [0.4, 0.5) is 5.69 Å². The van der Waals surface area contributed by atoms with E-state index in [1.807, 2.05) is 20.8 Å². The molecule has 0 saturated carbocycles. The molecular formula is C26H37N3O7S. The fraction of sp³-hybridized carbons (Fsp3) is 0.462. The summed E-state index contributed by atoms with van der Waals surface area (Å²) in [7, 11) is 0.458. The van der Waals surface area contributed by atoms with E-state index in [9.17, 15) is 18.0 Å². The zero-order valence-electron chi connectivity index (χ0n) is 22.7. The molecule has 2 rings (SSSR count). The number of benzene rings is 2. The van der Waals surface area contributed by atoms with Crippen molar-refractivity contribution in [1.29, 1.82) is 0 Å². The van der Waals surface area contributed by atoms with Crippen LogP contribution >= 0.6 is 0 Å². The molecule has 1 atom stereocenters. The number of nitrogens with one attached hydrogen (secondary N) is 1. The lowest BCUT2D eigenvalue weighted by atomic mass is 10.1. The second kappa shape index (κ2) is 12.2. The summed E-state index contributed by atoms with van der Waals surface area (Å²) in [4.78, 5) is 28.1. The molecule has 0 spiro atoms. The van der Waals surface area contributed by atoms with Gasteiger partial charge in [-0.2, -0.15) is 0 Å². The average molecular weight is 536 g/mol. The van der Waals surface area contributed by atoms with Gasteiger partial charge < -0.3 is 24.4 Å². The molecule has 10 nitrogen and oxygen atoms in total. The molecule has 0 aliphatic heterocycles. The molecule has 0 fully saturated rings. The molecule has 11 heteroatoms. The Kier molecular flexibility index (Phi) is 9.80. The van der Waals surface area contributed by atoms with Crippen molar-refractivity contribution >= 4 is 27.5 Å². The van der Waals surface area contributed by atoms with Crippen LogP contribution in [0.2, 0.25) is 0 Å². The van der Waals surface area contributed by atoms with Crippen LogP contribution in [0.5, 0.6) is 17.2 Å². The summed E-state index contributed by atoms with van der Waals surface area (Å²) >= 11 is 0. The predicted molar refractivity (Wildman–Crippen MR) is 143 cm³/mol. The molecule has 0 saturated heterocycles. The maximum atomic E-state index is 13.7. The number of anilines is 1. The fourth-order valence-corrected chi connectivity index (χ4v) is 4.46. The minimum absolute atomic E-state index is 0.0572. The molecule has 0 aliphatic rings. The van der Waals surface area contributed by atoms with Crippen molar-refractivity contribution in [1.82, 2.24) is 10.2 Å². The van der Waals surface area contributed by atoms with Crippen molar-refractivity contribution < 1.29 is 32.2 Å². The smallest absolute Gasteiger partial charge is 0.244 e. The van der Waals surface area contributed by atoms with Crippen molar-refractivity contribution in [2.75, 3.05) is 38.4 Å². The van der Waals surface area contributed by atoms with Crippen molar-refractivity contribution in [2.45, 2.75) is 45.8 Å². The first-order chi connectivity index (χ1) is 17.2. The van der Waals surface area contributed by atoms with Crippen LogP contribution < -0.4 is 23.8 Å². The van der Waals surface area contributed by atoms with Crippen LogP contribution in [0.15, 0.2) is 42.5 Å². The molecule has 1 N–H and O–H groups in total. The minimum Gasteiger partial charge on any atom is -0.497 e. The number of nitrogens with zero attached hydrogens (tertiary/aromatic N) is 2. The van der Waals surface area contributed by atoms with Gasteiger partial charge in [-0.05, 0) is 57.5 Å². The normalized spacial score (nSPS) is 12.3. The number of carbonyl (C=O) groups is 2. The monoisotopic (exact) mass is 535 g/mol. The molecule has 0 bridgehead atoms. The van der Waals surface area contributed by atoms with Crippen LogP contribution in [-0.4, -0.2) is 70.8 Å². The summed E-state index contributed by atoms with van der Waals surface area (Å²) in [5.74, 6) is 0.291. The van der Waals surface area contributed by atoms with Gasteiger partial charge in [0.15, 0.2) is 0 Å². The quantitative estimate of drug-likeness (QED) is 0.471. The molecule has 0 radical (unpaired) electrons. The van der Waals surface area contributed by atoms with Crippen molar-refractivity contribution in [3.8, 4) is 17.2 Å². The van der Waals surface area contributed by atoms with Crippen LogP contribution in [-0.2, 0) is 26.2 Å². The molecule has 2 aromatic rings. The van der Waals surface area contributed by atoms with Crippen LogP contribution in [0.1, 0.15) is 33.3 Å². The summed E-state index contributed by atoms with van der Waals surface area (Å²) in [6, 6.07) is 10.9. The van der Waals surface area contributed by atoms with Gasteiger partial charge in [0, 0.05) is 18.2 Å². The van der Waals surface area contributed by atoms with Gasteiger partial charge in [0.25, 0.3) is 0 Å². The topological polar surface area (TPSA) is 114 Å². The van der Waals surface area contributed by atoms with E-state index in [0.29, 0.717) is 17.1 Å². The largest absolute Gasteiger partial charge is 0.497 e. The summed E-state index contributed by atoms with van der Waals surface area (Å²) in [5.41, 5.74) is 0.335. The van der Waals surface area contributed by atoms with E-state index in [-0.39, 0.29) is 23.9 Å². The highest BCUT2D eigenvalue weighted by atomic mass is 32.2. The zero-order valence-corrected chi connectivity index (χ0v) is 23.5. The SMILES string of the molecule is COc1cccc(CN(C(=O)CN(c2cc(OC)ccc2OC)S(C)(=O)=O)[C@H](C)C(=O)NC(C)(C)C)c1. The Balaban J connectivity index is 2.51. The summed E-state index contributed by atoms with van der Waals surface area (Å²) in [5, 5.41) is 2.89. The standard InChI is InChI=1S/C26H37N3O7S/c1-18(25(31)27-26(2,3)4)28(16-19-10-9-11-20(14-19)34-5)24(30)17-29(37(8,32)33)22-15-21(35-6)12-13-23(22)36-7/h9-15,18H,16-17H2,1-8H3,(H,27,31)/t18-/m1/s1. The first-order valence-corrected chi connectivity index (χ1v) is 13.5. The van der Waals surface area contributed by atoms with Gasteiger partial charge in [0.2, 0.25) is 21.8 Å². The number of amides is 2. The highest BCUT2D eigenvalue weighted by Crippen LogP contribution is 2.34. The third kappa shape index (κ3) is 8.28. The van der Waals surface area contributed by atoms with E-state index in [0.717, 1.165) is 10.6 Å². The Morgan fingerprint density at radius 3 is 2.14 bits per heavy atom. The summed E-state index contributed by atoms with van der Waals surface area (Å²) < 4.78 is 42.6. The van der Waals surface area contributed by atoms with Gasteiger partial charge >= 0.3 is 0 Å². The van der Waals surface area contributed by atoms with E-state index in [1.54, 1.807) is 43.3 Å². The molecule has 204 valence electrons. The molecule has 37 heavy (non-hydrogen) atoms. The van der Waals surface area contributed by atoms with Crippen molar-refractivity contribution in [2.24, 2.45) is 0 Å². The zero-order chi connectivity index (χ0) is 28.0. The van der Waals surface area contributed by atoms with Crippen LogP contribution in [0.25, 0.3) is 0 Å². The van der Waals surface area contributed by atoms with E-state index in [4.69, 9.17) is 14.2 Å². The lowest BCUT2D eigenvalue weighted by Gasteiger charge is -2.33. The number of hydrogen-bond donors (Lipinski definition) is 1. The van der Waals surface area contributed by atoms with E-state index in [2.05, 4.69) is 5.32 Å². The van der Waals surface area contributed by atoms with E-state index in [1.165, 1.54) is 32.3 Å². The molecule has 0 unspecified atom stereocenters. The van der Waals surface area contributed by atoms with Crippen LogP contribution in [0, 0.1) is 0 Å². The number of sulfonamides is 1. The van der Waals surface area contributed by atoms with Gasteiger partial charge in [-0.15, -0.1) is 0 Å². The van der Waals surface area contributed by atoms with Gasteiger partial charge in [-0.1, -0.05) is 12.1 Å². The van der Waals surface area contributed by atoms with Gasteiger partial charge in [0.1, 0.15) is 29.8 Å². The van der Waals surface area contributed by atoms with E-state index < -0.39 is 34.1 Å². The maximum Gasteiger partial charge on any atom is 0.244 e. The molecular weight excluding hydrogens is 498 g/mol. The fourth-order valence-electron chi connectivity index (χ4n) is 3.61. The lowest BCUT2D eigenvalue weighted by Crippen LogP contribution is -2.54. The van der Waals surface area contributed by atoms with Crippen LogP contribution in [0.3, 0.4) is 0 Å². The van der Waals surface area contributed by atoms with E-state index >= 15 is 0 Å². The number of ether oxygens (including phenoxy) is 3. The Bertz CT molecular complexity index is 1210. The van der Waals surface area contributed by atoms with Gasteiger partial charge in [-0.25, -0.2) is 8.42 Å².